The zero-order valence-electron chi connectivity index (χ0n) is 21.2. The normalized spacial score (nSPS) is 10.9. The fourth-order valence-corrected chi connectivity index (χ4v) is 3.12. The van der Waals surface area contributed by atoms with Gasteiger partial charge >= 0.3 is 0 Å². The monoisotopic (exact) mass is 498 g/mol. The fourth-order valence-electron chi connectivity index (χ4n) is 3.12. The molecule has 0 aliphatic heterocycles. The number of unbranched alkanes of at least 4 members (excludes halogenated alkanes) is 1. The molecule has 2 aromatic rings. The van der Waals surface area contributed by atoms with Gasteiger partial charge in [-0.3, -0.25) is 9.59 Å². The van der Waals surface area contributed by atoms with Crippen molar-refractivity contribution < 1.29 is 28.5 Å². The molecule has 0 spiro atoms. The fraction of sp³-hybridized carbons (Fsp3) is 0.385. The van der Waals surface area contributed by atoms with E-state index in [9.17, 15) is 9.59 Å². The van der Waals surface area contributed by atoms with Gasteiger partial charge < -0.3 is 18.9 Å². The third-order valence-electron chi connectivity index (χ3n) is 4.84. The summed E-state index contributed by atoms with van der Waals surface area (Å²) in [6.07, 6.45) is 4.67. The molecule has 0 aliphatic rings. The van der Waals surface area contributed by atoms with Crippen molar-refractivity contribution in [3.63, 3.8) is 0 Å². The summed E-state index contributed by atoms with van der Waals surface area (Å²) in [6, 6.07) is 10.8. The summed E-state index contributed by atoms with van der Waals surface area (Å²) in [5, 5.41) is 7.94. The number of hydrazone groups is 2. The van der Waals surface area contributed by atoms with Crippen molar-refractivity contribution >= 4 is 24.2 Å². The molecule has 0 atom stereocenters. The first-order valence-corrected chi connectivity index (χ1v) is 11.8. The molecule has 194 valence electrons. The van der Waals surface area contributed by atoms with Crippen molar-refractivity contribution in [3.8, 4) is 23.0 Å². The molecule has 36 heavy (non-hydrogen) atoms. The first-order valence-electron chi connectivity index (χ1n) is 11.8. The van der Waals surface area contributed by atoms with Gasteiger partial charge in [-0.1, -0.05) is 0 Å². The Morgan fingerprint density at radius 2 is 1.14 bits per heavy atom. The number of ether oxygens (including phenoxy) is 4. The van der Waals surface area contributed by atoms with Crippen LogP contribution >= 0.6 is 0 Å². The summed E-state index contributed by atoms with van der Waals surface area (Å²) in [4.78, 5) is 23.9. The summed E-state index contributed by atoms with van der Waals surface area (Å²) in [6.45, 7) is 4.86. The maximum Gasteiger partial charge on any atom is 0.240 e. The van der Waals surface area contributed by atoms with Crippen molar-refractivity contribution in [2.45, 2.75) is 39.5 Å². The number of amides is 2. The minimum Gasteiger partial charge on any atom is -0.493 e. The second-order valence-electron chi connectivity index (χ2n) is 7.48. The van der Waals surface area contributed by atoms with Crippen molar-refractivity contribution in [1.82, 2.24) is 10.9 Å². The molecule has 10 nitrogen and oxygen atoms in total. The zero-order valence-corrected chi connectivity index (χ0v) is 21.2. The molecule has 0 saturated carbocycles. The molecule has 0 aliphatic carbocycles. The molecule has 0 fully saturated rings. The standard InChI is InChI=1S/C26H34N4O6/c1-5-35-21-13-11-19(15-23(21)33-3)17-27-29-25(31)9-7-8-10-26(32)30-28-18-20-12-14-22(36-6-2)24(16-20)34-4/h11-18H,5-10H2,1-4H3,(H,29,31)(H,30,32). The zero-order chi connectivity index (χ0) is 26.2. The van der Waals surface area contributed by atoms with E-state index in [1.807, 2.05) is 26.0 Å². The van der Waals surface area contributed by atoms with Crippen molar-refractivity contribution in [2.24, 2.45) is 10.2 Å². The SMILES string of the molecule is CCOc1ccc(C=NNC(=O)CCCCC(=O)NN=Cc2ccc(OCC)c(OC)c2)cc1OC. The van der Waals surface area contributed by atoms with Crippen molar-refractivity contribution in [1.29, 1.82) is 0 Å². The van der Waals surface area contributed by atoms with Crippen LogP contribution in [0, 0.1) is 0 Å². The summed E-state index contributed by atoms with van der Waals surface area (Å²) in [5.41, 5.74) is 6.49. The van der Waals surface area contributed by atoms with Crippen LogP contribution in [-0.2, 0) is 9.59 Å². The van der Waals surface area contributed by atoms with Crippen LogP contribution in [0.25, 0.3) is 0 Å². The number of nitrogens with zero attached hydrogens (tertiary/aromatic N) is 2. The van der Waals surface area contributed by atoms with Crippen LogP contribution in [0.15, 0.2) is 46.6 Å². The molecule has 0 unspecified atom stereocenters. The van der Waals surface area contributed by atoms with Crippen LogP contribution in [0.5, 0.6) is 23.0 Å². The van der Waals surface area contributed by atoms with Crippen LogP contribution in [0.2, 0.25) is 0 Å². The number of nitrogens with one attached hydrogen (secondary N) is 2. The van der Waals surface area contributed by atoms with E-state index in [1.165, 1.54) is 12.4 Å². The average molecular weight is 499 g/mol. The Labute approximate surface area is 211 Å². The van der Waals surface area contributed by atoms with Crippen molar-refractivity contribution in [3.05, 3.63) is 47.5 Å². The van der Waals surface area contributed by atoms with Gasteiger partial charge in [-0.25, -0.2) is 10.9 Å². The van der Waals surface area contributed by atoms with Gasteiger partial charge in [-0.15, -0.1) is 0 Å². The molecule has 2 N–H and O–H groups in total. The van der Waals surface area contributed by atoms with Crippen LogP contribution in [0.4, 0.5) is 0 Å². The number of benzene rings is 2. The van der Waals surface area contributed by atoms with E-state index in [0.717, 1.165) is 11.1 Å². The molecule has 0 radical (unpaired) electrons. The quantitative estimate of drug-likeness (QED) is 0.220. The Morgan fingerprint density at radius 1 is 0.722 bits per heavy atom. The van der Waals surface area contributed by atoms with E-state index >= 15 is 0 Å². The molecular formula is C26H34N4O6. The minimum atomic E-state index is -0.230. The molecule has 2 amide bonds. The van der Waals surface area contributed by atoms with Gasteiger partial charge in [-0.05, 0) is 74.2 Å². The van der Waals surface area contributed by atoms with Gasteiger partial charge in [0.05, 0.1) is 39.9 Å². The summed E-state index contributed by atoms with van der Waals surface area (Å²) < 4.78 is 21.5. The molecular weight excluding hydrogens is 464 g/mol. The Bertz CT molecular complexity index is 971. The Kier molecular flexibility index (Phi) is 12.3. The van der Waals surface area contributed by atoms with Gasteiger partial charge in [0.1, 0.15) is 0 Å². The van der Waals surface area contributed by atoms with E-state index in [0.29, 0.717) is 49.1 Å². The Morgan fingerprint density at radius 3 is 1.50 bits per heavy atom. The number of rotatable bonds is 15. The van der Waals surface area contributed by atoms with Crippen LogP contribution in [-0.4, -0.2) is 51.7 Å². The van der Waals surface area contributed by atoms with Gasteiger partial charge in [0.25, 0.3) is 0 Å². The number of carbonyl (C=O) groups excluding carboxylic acids is 2. The highest BCUT2D eigenvalue weighted by Gasteiger charge is 2.06. The predicted molar refractivity (Wildman–Crippen MR) is 138 cm³/mol. The third kappa shape index (κ3) is 9.65. The van der Waals surface area contributed by atoms with E-state index in [-0.39, 0.29) is 24.7 Å². The minimum absolute atomic E-state index is 0.230. The maximum absolute atomic E-state index is 12.0. The maximum atomic E-state index is 12.0. The average Bonchev–Trinajstić information content (AvgIpc) is 2.88. The molecule has 0 saturated heterocycles. The number of hydrogen-bond donors (Lipinski definition) is 2. The van der Waals surface area contributed by atoms with Gasteiger partial charge in [0.2, 0.25) is 11.8 Å². The smallest absolute Gasteiger partial charge is 0.240 e. The lowest BCUT2D eigenvalue weighted by Crippen LogP contribution is -2.19. The summed E-state index contributed by atoms with van der Waals surface area (Å²) >= 11 is 0. The Hall–Kier alpha value is -4.08. The lowest BCUT2D eigenvalue weighted by atomic mass is 10.2. The lowest BCUT2D eigenvalue weighted by Gasteiger charge is -2.09. The summed E-state index contributed by atoms with van der Waals surface area (Å²) in [7, 11) is 3.12. The number of hydrogen-bond acceptors (Lipinski definition) is 8. The first-order chi connectivity index (χ1) is 17.5. The Balaban J connectivity index is 1.67. The molecule has 0 heterocycles. The molecule has 0 bridgehead atoms. The van der Waals surface area contributed by atoms with Crippen LogP contribution in [0.3, 0.4) is 0 Å². The van der Waals surface area contributed by atoms with Gasteiger partial charge in [0, 0.05) is 12.8 Å². The van der Waals surface area contributed by atoms with E-state index in [4.69, 9.17) is 18.9 Å². The van der Waals surface area contributed by atoms with Crippen LogP contribution in [0.1, 0.15) is 50.7 Å². The highest BCUT2D eigenvalue weighted by atomic mass is 16.5. The topological polar surface area (TPSA) is 120 Å². The number of carbonyl (C=O) groups is 2. The number of methoxy groups -OCH3 is 2. The second-order valence-corrected chi connectivity index (χ2v) is 7.48. The molecule has 2 rings (SSSR count). The molecule has 2 aromatic carbocycles. The van der Waals surface area contributed by atoms with E-state index < -0.39 is 0 Å². The largest absolute Gasteiger partial charge is 0.493 e. The van der Waals surface area contributed by atoms with Gasteiger partial charge in [0.15, 0.2) is 23.0 Å². The third-order valence-corrected chi connectivity index (χ3v) is 4.84. The highest BCUT2D eigenvalue weighted by Crippen LogP contribution is 2.28. The molecule has 10 heteroatoms. The van der Waals surface area contributed by atoms with E-state index in [1.54, 1.807) is 38.5 Å². The van der Waals surface area contributed by atoms with Crippen molar-refractivity contribution in [2.75, 3.05) is 27.4 Å². The molecule has 0 aromatic heterocycles. The van der Waals surface area contributed by atoms with E-state index in [2.05, 4.69) is 21.1 Å². The predicted octanol–water partition coefficient (Wildman–Crippen LogP) is 3.66. The van der Waals surface area contributed by atoms with Gasteiger partial charge in [-0.2, -0.15) is 10.2 Å². The lowest BCUT2D eigenvalue weighted by molar-refractivity contribution is -0.123. The summed E-state index contributed by atoms with van der Waals surface area (Å²) in [5.74, 6) is 2.02. The first kappa shape index (κ1) is 28.2. The highest BCUT2D eigenvalue weighted by molar-refractivity contribution is 5.84. The van der Waals surface area contributed by atoms with Crippen LogP contribution < -0.4 is 29.8 Å². The second kappa shape index (κ2) is 15.8.